The molecule has 0 aromatic heterocycles. The van der Waals surface area contributed by atoms with Crippen LogP contribution in [0.2, 0.25) is 0 Å². The Kier molecular flexibility index (Phi) is 16.6. The van der Waals surface area contributed by atoms with Crippen LogP contribution in [0.4, 0.5) is 4.79 Å². The number of carbonyl (C=O) groups excluding carboxylic acids is 1. The number of aliphatic carboxylic acids is 1. The van der Waals surface area contributed by atoms with Crippen LogP contribution >= 0.6 is 28.3 Å². The van der Waals surface area contributed by atoms with E-state index in [9.17, 15) is 19.3 Å². The van der Waals surface area contributed by atoms with E-state index in [2.05, 4.69) is 13.8 Å². The highest BCUT2D eigenvalue weighted by atomic mass is 33.1. The summed E-state index contributed by atoms with van der Waals surface area (Å²) in [5.74, 6) is 0.403. The van der Waals surface area contributed by atoms with Gasteiger partial charge in [0.05, 0.1) is 6.29 Å². The number of nitrogens with zero attached hydrogens (tertiary/aromatic N) is 1. The Bertz CT molecular complexity index is 734. The third-order valence-corrected chi connectivity index (χ3v) is 13.8. The Morgan fingerprint density at radius 3 is 2.00 bits per heavy atom. The highest BCUT2D eigenvalue weighted by Crippen LogP contribution is 2.69. The predicted molar refractivity (Wildman–Crippen MR) is 146 cm³/mol. The normalized spacial score (nSPS) is 12.3. The molecule has 1 aromatic carbocycles. The maximum absolute atomic E-state index is 14.0. The van der Waals surface area contributed by atoms with Crippen molar-refractivity contribution in [1.82, 2.24) is 4.90 Å². The Balaban J connectivity index is 3.07. The molecule has 0 aliphatic rings. The van der Waals surface area contributed by atoms with Gasteiger partial charge in [-0.3, -0.25) is 9.46 Å². The van der Waals surface area contributed by atoms with Crippen molar-refractivity contribution in [3.63, 3.8) is 0 Å². The molecule has 0 aliphatic heterocycles. The van der Waals surface area contributed by atoms with Crippen molar-refractivity contribution in [3.8, 4) is 0 Å². The first-order chi connectivity index (χ1) is 16.4. The molecule has 1 unspecified atom stereocenters. The van der Waals surface area contributed by atoms with Crippen molar-refractivity contribution in [2.24, 2.45) is 0 Å². The summed E-state index contributed by atoms with van der Waals surface area (Å²) in [5, 5.41) is 9.94. The maximum atomic E-state index is 14.0. The third kappa shape index (κ3) is 12.6. The van der Waals surface area contributed by atoms with E-state index in [0.717, 1.165) is 62.0 Å². The van der Waals surface area contributed by atoms with Gasteiger partial charge in [-0.15, -0.1) is 0 Å². The van der Waals surface area contributed by atoms with Gasteiger partial charge in [-0.1, -0.05) is 112 Å². The molecule has 0 aliphatic carbocycles. The monoisotopic (exact) mass is 531 g/mol. The second kappa shape index (κ2) is 18.2. The van der Waals surface area contributed by atoms with Gasteiger partial charge in [0.25, 0.3) is 0 Å². The molecule has 9 heteroatoms. The lowest BCUT2D eigenvalue weighted by Crippen LogP contribution is -2.45. The van der Waals surface area contributed by atoms with Crippen LogP contribution < -0.4 is 0 Å². The number of ether oxygens (including phenoxy) is 1. The highest BCUT2D eigenvalue weighted by Gasteiger charge is 2.37. The van der Waals surface area contributed by atoms with Gasteiger partial charge in [0.1, 0.15) is 12.6 Å². The maximum Gasteiger partial charge on any atom is 0.411 e. The molecule has 0 spiro atoms. The van der Waals surface area contributed by atoms with E-state index < -0.39 is 23.7 Å². The van der Waals surface area contributed by atoms with E-state index in [1.807, 2.05) is 37.3 Å². The van der Waals surface area contributed by atoms with Gasteiger partial charge in [-0.05, 0) is 24.8 Å². The van der Waals surface area contributed by atoms with Crippen molar-refractivity contribution >= 4 is 40.4 Å². The minimum Gasteiger partial charge on any atom is -0.480 e. The fourth-order valence-corrected chi connectivity index (χ4v) is 11.4. The summed E-state index contributed by atoms with van der Waals surface area (Å²) in [6.45, 7) is 6.28. The number of hydrogen-bond acceptors (Lipinski definition) is 6. The summed E-state index contributed by atoms with van der Waals surface area (Å²) in [4.78, 5) is 26.5. The fourth-order valence-electron chi connectivity index (χ4n) is 3.31. The van der Waals surface area contributed by atoms with Gasteiger partial charge in [0.2, 0.25) is 5.55 Å². The van der Waals surface area contributed by atoms with Crippen LogP contribution in [0.25, 0.3) is 0 Å². The van der Waals surface area contributed by atoms with E-state index in [1.165, 1.54) is 27.7 Å². The molecule has 1 N–H and O–H groups in total. The molecule has 6 nitrogen and oxygen atoms in total. The number of carbonyl (C=O) groups is 2. The summed E-state index contributed by atoms with van der Waals surface area (Å²) in [6, 6.07) is 8.24. The lowest BCUT2D eigenvalue weighted by Gasteiger charge is -2.31. The molecular formula is C25H42NO5PS2. The van der Waals surface area contributed by atoms with Crippen molar-refractivity contribution < 1.29 is 24.0 Å². The number of amides is 1. The Morgan fingerprint density at radius 2 is 1.50 bits per heavy atom. The minimum atomic E-state index is -2.94. The fraction of sp³-hybridized carbons (Fsp3) is 0.680. The first-order valence-corrected chi connectivity index (χ1v) is 17.5. The average Bonchev–Trinajstić information content (AvgIpc) is 2.83. The predicted octanol–water partition coefficient (Wildman–Crippen LogP) is 8.27. The molecule has 0 saturated carbocycles. The number of rotatable bonds is 19. The largest absolute Gasteiger partial charge is 0.480 e. The minimum absolute atomic E-state index is 0.0495. The molecule has 0 saturated heterocycles. The molecule has 0 fully saturated rings. The van der Waals surface area contributed by atoms with Crippen LogP contribution in [0.15, 0.2) is 30.3 Å². The van der Waals surface area contributed by atoms with Crippen molar-refractivity contribution in [1.29, 1.82) is 0 Å². The number of carboxylic acid groups (broad SMARTS) is 1. The quantitative estimate of drug-likeness (QED) is 0.142. The molecule has 0 heterocycles. The Labute approximate surface area is 213 Å². The van der Waals surface area contributed by atoms with E-state index in [1.54, 1.807) is 0 Å². The molecular weight excluding hydrogens is 489 g/mol. The van der Waals surface area contributed by atoms with Crippen LogP contribution in [0.1, 0.15) is 84.1 Å². The molecule has 1 amide bonds. The molecule has 1 rings (SSSR count). The van der Waals surface area contributed by atoms with E-state index in [-0.39, 0.29) is 12.9 Å². The number of unbranched alkanes of at least 4 members (excludes halogenated alkanes) is 5. The third-order valence-electron chi connectivity index (χ3n) is 5.33. The van der Waals surface area contributed by atoms with Gasteiger partial charge in [0.15, 0.2) is 0 Å². The number of benzene rings is 1. The van der Waals surface area contributed by atoms with E-state index in [4.69, 9.17) is 4.74 Å². The van der Waals surface area contributed by atoms with Crippen molar-refractivity contribution in [2.75, 3.05) is 17.8 Å². The van der Waals surface area contributed by atoms with Crippen LogP contribution in [0, 0.1) is 0 Å². The second-order valence-electron chi connectivity index (χ2n) is 8.34. The summed E-state index contributed by atoms with van der Waals surface area (Å²) >= 11 is 2.82. The Hall–Kier alpha value is -1.11. The molecule has 0 bridgehead atoms. The smallest absolute Gasteiger partial charge is 0.411 e. The lowest BCUT2D eigenvalue weighted by atomic mass is 10.1. The second-order valence-corrected chi connectivity index (χ2v) is 17.0. The molecule has 34 heavy (non-hydrogen) atoms. The van der Waals surface area contributed by atoms with Gasteiger partial charge in [0, 0.05) is 11.5 Å². The van der Waals surface area contributed by atoms with Gasteiger partial charge < -0.3 is 9.84 Å². The van der Waals surface area contributed by atoms with Gasteiger partial charge in [-0.25, -0.2) is 9.59 Å². The van der Waals surface area contributed by atoms with Crippen molar-refractivity contribution in [2.45, 2.75) is 91.2 Å². The standard InChI is InChI=1S/C25H42NO5PS2/c1-4-7-13-18-33-32(30,34-19-14-8-5-2)21-26(23(24(27)28)17-9-6-3)25(29)31-20-22-15-11-10-12-16-22/h10-12,15-16,23H,4-9,13-14,17-21H2,1-3H3,(H,27,28). The van der Waals surface area contributed by atoms with Crippen molar-refractivity contribution in [3.05, 3.63) is 35.9 Å². The zero-order valence-corrected chi connectivity index (χ0v) is 23.5. The number of carboxylic acids is 1. The van der Waals surface area contributed by atoms with Gasteiger partial charge >= 0.3 is 12.1 Å². The van der Waals surface area contributed by atoms with Crippen LogP contribution in [0.3, 0.4) is 0 Å². The van der Waals surface area contributed by atoms with E-state index in [0.29, 0.717) is 12.8 Å². The molecule has 1 atom stereocenters. The summed E-state index contributed by atoms with van der Waals surface area (Å²) in [5.41, 5.74) is -2.11. The highest BCUT2D eigenvalue weighted by molar-refractivity contribution is 8.90. The topological polar surface area (TPSA) is 83.9 Å². The van der Waals surface area contributed by atoms with Crippen LogP contribution in [-0.4, -0.2) is 45.9 Å². The zero-order valence-electron chi connectivity index (χ0n) is 20.9. The molecule has 0 radical (unpaired) electrons. The first-order valence-electron chi connectivity index (χ1n) is 12.4. The average molecular weight is 532 g/mol. The van der Waals surface area contributed by atoms with Gasteiger partial charge in [-0.2, -0.15) is 0 Å². The number of hydrogen-bond donors (Lipinski definition) is 1. The molecule has 194 valence electrons. The Morgan fingerprint density at radius 1 is 0.941 bits per heavy atom. The lowest BCUT2D eigenvalue weighted by molar-refractivity contribution is -0.142. The van der Waals surface area contributed by atoms with Crippen LogP contribution in [0.5, 0.6) is 0 Å². The van der Waals surface area contributed by atoms with Crippen LogP contribution in [-0.2, 0) is 20.7 Å². The van der Waals surface area contributed by atoms with E-state index >= 15 is 0 Å². The first kappa shape index (κ1) is 30.9. The summed E-state index contributed by atoms with van der Waals surface area (Å²) in [6.07, 6.45) is 7.17. The summed E-state index contributed by atoms with van der Waals surface area (Å²) < 4.78 is 19.5. The zero-order chi connectivity index (χ0) is 25.2. The SMILES string of the molecule is CCCCCSP(=O)(CN(C(=O)OCc1ccccc1)C(CCCC)C(=O)O)SCCCCC. The summed E-state index contributed by atoms with van der Waals surface area (Å²) in [7, 11) is 0. The molecule has 1 aromatic rings.